The van der Waals surface area contributed by atoms with Crippen molar-refractivity contribution in [1.29, 1.82) is 0 Å². The first kappa shape index (κ1) is 15.0. The molecule has 0 aliphatic carbocycles. The molecule has 0 aliphatic heterocycles. The fourth-order valence-corrected chi connectivity index (χ4v) is 1.95. The molecule has 1 aromatic rings. The number of rotatable bonds is 6. The molecule has 0 saturated carbocycles. The molecule has 0 bridgehead atoms. The van der Waals surface area contributed by atoms with Crippen molar-refractivity contribution in [1.82, 2.24) is 0 Å². The van der Waals surface area contributed by atoms with Crippen LogP contribution in [0, 0.1) is 12.8 Å². The van der Waals surface area contributed by atoms with Gasteiger partial charge in [-0.15, -0.1) is 0 Å². The number of nitrogens with two attached hydrogens (primary N) is 1. The number of hydrogen-bond acceptors (Lipinski definition) is 3. The molecule has 0 saturated heterocycles. The van der Waals surface area contributed by atoms with E-state index in [0.717, 1.165) is 11.3 Å². The molecule has 1 unspecified atom stereocenters. The van der Waals surface area contributed by atoms with Gasteiger partial charge in [0, 0.05) is 24.3 Å². The van der Waals surface area contributed by atoms with E-state index < -0.39 is 17.8 Å². The van der Waals surface area contributed by atoms with Gasteiger partial charge in [-0.2, -0.15) is 0 Å². The van der Waals surface area contributed by atoms with E-state index in [9.17, 15) is 9.59 Å². The number of hydrogen-bond donors (Lipinski definition) is 2. The number of carboxylic acid groups (broad SMARTS) is 1. The van der Waals surface area contributed by atoms with E-state index in [0.29, 0.717) is 18.7 Å². The second-order valence-corrected chi connectivity index (χ2v) is 4.64. The van der Waals surface area contributed by atoms with Crippen molar-refractivity contribution in [3.63, 3.8) is 0 Å². The largest absolute Gasteiger partial charge is 0.481 e. The summed E-state index contributed by atoms with van der Waals surface area (Å²) in [6, 6.07) is 5.34. The van der Waals surface area contributed by atoms with E-state index in [-0.39, 0.29) is 0 Å². The zero-order chi connectivity index (χ0) is 14.6. The van der Waals surface area contributed by atoms with Gasteiger partial charge in [-0.3, -0.25) is 9.59 Å². The molecule has 0 fully saturated rings. The Morgan fingerprint density at radius 2 is 2.05 bits per heavy atom. The molecular weight excluding hydrogens is 244 g/mol. The molecule has 1 atom stereocenters. The van der Waals surface area contributed by atoms with Crippen molar-refractivity contribution in [2.75, 3.05) is 18.0 Å². The topological polar surface area (TPSA) is 83.6 Å². The number of anilines is 1. The number of carboxylic acids is 1. The fraction of sp³-hybridized carbons (Fsp3) is 0.429. The minimum Gasteiger partial charge on any atom is -0.481 e. The molecular formula is C14H20N2O3. The normalized spacial score (nSPS) is 11.9. The van der Waals surface area contributed by atoms with Crippen LogP contribution in [0.5, 0.6) is 0 Å². The van der Waals surface area contributed by atoms with E-state index in [1.807, 2.05) is 24.8 Å². The molecule has 0 spiro atoms. The molecule has 1 aromatic carbocycles. The third-order valence-corrected chi connectivity index (χ3v) is 3.14. The van der Waals surface area contributed by atoms with E-state index in [1.54, 1.807) is 19.1 Å². The Bertz CT molecular complexity index is 486. The highest BCUT2D eigenvalue weighted by Gasteiger charge is 2.16. The third-order valence-electron chi connectivity index (χ3n) is 3.14. The fourth-order valence-electron chi connectivity index (χ4n) is 1.95. The van der Waals surface area contributed by atoms with Crippen molar-refractivity contribution < 1.29 is 14.7 Å². The first-order valence-electron chi connectivity index (χ1n) is 6.25. The summed E-state index contributed by atoms with van der Waals surface area (Å²) in [5, 5.41) is 8.96. The van der Waals surface area contributed by atoms with Gasteiger partial charge < -0.3 is 15.7 Å². The van der Waals surface area contributed by atoms with Gasteiger partial charge in [0.1, 0.15) is 0 Å². The molecule has 19 heavy (non-hydrogen) atoms. The van der Waals surface area contributed by atoms with Gasteiger partial charge in [-0.25, -0.2) is 0 Å². The Labute approximate surface area is 113 Å². The zero-order valence-electron chi connectivity index (χ0n) is 11.5. The van der Waals surface area contributed by atoms with Gasteiger partial charge in [-0.05, 0) is 37.6 Å². The first-order valence-corrected chi connectivity index (χ1v) is 6.25. The molecule has 0 radical (unpaired) electrons. The smallest absolute Gasteiger partial charge is 0.308 e. The van der Waals surface area contributed by atoms with Crippen LogP contribution in [-0.2, 0) is 4.79 Å². The van der Waals surface area contributed by atoms with Crippen LogP contribution in [0.15, 0.2) is 18.2 Å². The molecule has 5 heteroatoms. The van der Waals surface area contributed by atoms with Crippen molar-refractivity contribution in [3.8, 4) is 0 Å². The number of carbonyl (C=O) groups is 2. The number of amides is 1. The van der Waals surface area contributed by atoms with Gasteiger partial charge >= 0.3 is 5.97 Å². The summed E-state index contributed by atoms with van der Waals surface area (Å²) >= 11 is 0. The highest BCUT2D eigenvalue weighted by atomic mass is 16.4. The van der Waals surface area contributed by atoms with Crippen molar-refractivity contribution in [2.24, 2.45) is 11.7 Å². The summed E-state index contributed by atoms with van der Waals surface area (Å²) < 4.78 is 0. The predicted octanol–water partition coefficient (Wildman–Crippen LogP) is 1.64. The summed E-state index contributed by atoms with van der Waals surface area (Å²) in [5.41, 5.74) is 7.45. The van der Waals surface area contributed by atoms with E-state index in [4.69, 9.17) is 10.8 Å². The third kappa shape index (κ3) is 3.71. The number of benzene rings is 1. The van der Waals surface area contributed by atoms with Crippen LogP contribution in [0.1, 0.15) is 29.8 Å². The Morgan fingerprint density at radius 3 is 2.47 bits per heavy atom. The Morgan fingerprint density at radius 1 is 1.42 bits per heavy atom. The van der Waals surface area contributed by atoms with Crippen LogP contribution in [0.25, 0.3) is 0 Å². The maximum absolute atomic E-state index is 11.2. The van der Waals surface area contributed by atoms with Gasteiger partial charge in [0.25, 0.3) is 0 Å². The first-order chi connectivity index (χ1) is 8.86. The molecule has 0 aliphatic rings. The average Bonchev–Trinajstić information content (AvgIpc) is 2.34. The van der Waals surface area contributed by atoms with Crippen molar-refractivity contribution in [2.45, 2.75) is 20.8 Å². The van der Waals surface area contributed by atoms with E-state index >= 15 is 0 Å². The maximum atomic E-state index is 11.2. The lowest BCUT2D eigenvalue weighted by atomic mass is 10.1. The minimum atomic E-state index is -0.816. The predicted molar refractivity (Wildman–Crippen MR) is 74.4 cm³/mol. The van der Waals surface area contributed by atoms with E-state index in [1.165, 1.54) is 0 Å². The lowest BCUT2D eigenvalue weighted by molar-refractivity contribution is -0.140. The number of primary amides is 1. The lowest BCUT2D eigenvalue weighted by Crippen LogP contribution is -2.31. The van der Waals surface area contributed by atoms with Crippen LogP contribution in [0.4, 0.5) is 5.69 Å². The van der Waals surface area contributed by atoms with Crippen molar-refractivity contribution >= 4 is 17.6 Å². The Balaban J connectivity index is 2.96. The summed E-state index contributed by atoms with van der Waals surface area (Å²) in [5.74, 6) is -1.72. The summed E-state index contributed by atoms with van der Waals surface area (Å²) in [4.78, 5) is 24.0. The maximum Gasteiger partial charge on any atom is 0.308 e. The van der Waals surface area contributed by atoms with Gasteiger partial charge in [-0.1, -0.05) is 6.92 Å². The molecule has 5 nitrogen and oxygen atoms in total. The Hall–Kier alpha value is -2.04. The quantitative estimate of drug-likeness (QED) is 0.818. The number of aliphatic carboxylic acids is 1. The molecule has 3 N–H and O–H groups in total. The van der Waals surface area contributed by atoms with Crippen LogP contribution in [-0.4, -0.2) is 30.1 Å². The standard InChI is InChI=1S/C14H20N2O3/c1-4-16(8-10(3)14(18)19)11-5-6-12(13(15)17)9(2)7-11/h5-7,10H,4,8H2,1-3H3,(H2,15,17)(H,18,19). The van der Waals surface area contributed by atoms with Gasteiger partial charge in [0.15, 0.2) is 0 Å². The summed E-state index contributed by atoms with van der Waals surface area (Å²) in [6.07, 6.45) is 0. The number of carbonyl (C=O) groups excluding carboxylic acids is 1. The van der Waals surface area contributed by atoms with Crippen LogP contribution < -0.4 is 10.6 Å². The minimum absolute atomic E-state index is 0.432. The second-order valence-electron chi connectivity index (χ2n) is 4.64. The highest BCUT2D eigenvalue weighted by molar-refractivity contribution is 5.94. The van der Waals surface area contributed by atoms with Crippen LogP contribution in [0.3, 0.4) is 0 Å². The number of nitrogens with zero attached hydrogens (tertiary/aromatic N) is 1. The molecule has 104 valence electrons. The second kappa shape index (κ2) is 6.22. The van der Waals surface area contributed by atoms with Crippen molar-refractivity contribution in [3.05, 3.63) is 29.3 Å². The van der Waals surface area contributed by atoms with Crippen LogP contribution in [0.2, 0.25) is 0 Å². The van der Waals surface area contributed by atoms with E-state index in [2.05, 4.69) is 0 Å². The zero-order valence-corrected chi connectivity index (χ0v) is 11.5. The molecule has 0 aromatic heterocycles. The monoisotopic (exact) mass is 264 g/mol. The SMILES string of the molecule is CCN(CC(C)C(=O)O)c1ccc(C(N)=O)c(C)c1. The summed E-state index contributed by atoms with van der Waals surface area (Å²) in [6.45, 7) is 6.59. The Kier molecular flexibility index (Phi) is 4.92. The summed E-state index contributed by atoms with van der Waals surface area (Å²) in [7, 11) is 0. The average molecular weight is 264 g/mol. The highest BCUT2D eigenvalue weighted by Crippen LogP contribution is 2.20. The lowest BCUT2D eigenvalue weighted by Gasteiger charge is -2.25. The van der Waals surface area contributed by atoms with Gasteiger partial charge in [0.05, 0.1) is 5.92 Å². The number of aryl methyl sites for hydroxylation is 1. The van der Waals surface area contributed by atoms with Crippen LogP contribution >= 0.6 is 0 Å². The van der Waals surface area contributed by atoms with Gasteiger partial charge in [0.2, 0.25) is 5.91 Å². The molecule has 0 heterocycles. The molecule has 1 amide bonds. The molecule has 1 rings (SSSR count).